The largest absolute Gasteiger partial charge is 0.478 e. The molecule has 0 bridgehead atoms. The molecule has 5 rings (SSSR count). The van der Waals surface area contributed by atoms with Crippen LogP contribution >= 0.6 is 0 Å². The summed E-state index contributed by atoms with van der Waals surface area (Å²) < 4.78 is 49.9. The molecule has 1 aromatic carbocycles. The molecule has 0 unspecified atom stereocenters. The molecule has 1 aliphatic rings. The van der Waals surface area contributed by atoms with Gasteiger partial charge in [-0.15, -0.1) is 0 Å². The Bertz CT molecular complexity index is 1290. The molecule has 0 radical (unpaired) electrons. The number of ether oxygens (including phenoxy) is 1. The number of aromatic nitrogens is 5. The van der Waals surface area contributed by atoms with Crippen molar-refractivity contribution < 1.29 is 22.5 Å². The summed E-state index contributed by atoms with van der Waals surface area (Å²) in [6.07, 6.45) is 1.75. The van der Waals surface area contributed by atoms with Crippen LogP contribution in [-0.2, 0) is 12.7 Å². The quantitative estimate of drug-likeness (QED) is 0.478. The van der Waals surface area contributed by atoms with Gasteiger partial charge in [-0.25, -0.2) is 15.0 Å². The van der Waals surface area contributed by atoms with Crippen molar-refractivity contribution in [1.82, 2.24) is 19.5 Å². The van der Waals surface area contributed by atoms with Crippen molar-refractivity contribution in [2.45, 2.75) is 32.0 Å². The molecule has 6 nitrogen and oxygen atoms in total. The summed E-state index contributed by atoms with van der Waals surface area (Å²) in [7, 11) is 1.55. The zero-order valence-corrected chi connectivity index (χ0v) is 17.5. The molecule has 0 fully saturated rings. The minimum absolute atomic E-state index is 0.260. The lowest BCUT2D eigenvalue weighted by molar-refractivity contribution is -0.595. The van der Waals surface area contributed by atoms with Crippen LogP contribution in [0.3, 0.4) is 0 Å². The van der Waals surface area contributed by atoms with E-state index in [1.54, 1.807) is 19.2 Å². The molecule has 0 saturated carbocycles. The van der Waals surface area contributed by atoms with E-state index >= 15 is 0 Å². The lowest BCUT2D eigenvalue weighted by atomic mass is 9.92. The molecule has 9 heteroatoms. The fraction of sp³-hybridized carbons (Fsp3) is 0.261. The number of aromatic amines is 1. The second-order valence-corrected chi connectivity index (χ2v) is 7.82. The van der Waals surface area contributed by atoms with Gasteiger partial charge in [-0.1, -0.05) is 18.2 Å². The summed E-state index contributed by atoms with van der Waals surface area (Å²) in [6.45, 7) is 2.55. The highest BCUT2D eigenvalue weighted by Gasteiger charge is 2.38. The second kappa shape index (κ2) is 7.51. The standard InChI is InChI=1S/C23H20F3N5O/c1-14-11-31(13-27-14)20-8-7-18(29-22(20)32-2)19-12-30-10-9-16(21(30)28-19)15-5-3-4-6-17(15)23(24,25)26/h3-8,11-13,16H,9-10H2,1-2H3/p+1/t16-/m0/s1. The molecule has 4 heterocycles. The number of benzene rings is 1. The number of hydrogen-bond acceptors (Lipinski definition) is 3. The molecular weight excluding hydrogens is 419 g/mol. The Morgan fingerprint density at radius 1 is 1.12 bits per heavy atom. The van der Waals surface area contributed by atoms with Crippen LogP contribution in [0.4, 0.5) is 13.2 Å². The van der Waals surface area contributed by atoms with Crippen molar-refractivity contribution in [1.29, 1.82) is 0 Å². The van der Waals surface area contributed by atoms with Crippen LogP contribution in [-0.4, -0.2) is 26.6 Å². The fourth-order valence-electron chi connectivity index (χ4n) is 4.28. The first-order chi connectivity index (χ1) is 15.3. The molecule has 0 amide bonds. The number of alkyl halides is 3. The van der Waals surface area contributed by atoms with E-state index in [4.69, 9.17) is 4.74 Å². The van der Waals surface area contributed by atoms with Gasteiger partial charge in [-0.2, -0.15) is 17.7 Å². The van der Waals surface area contributed by atoms with E-state index in [1.165, 1.54) is 6.07 Å². The molecule has 0 aliphatic carbocycles. The second-order valence-electron chi connectivity index (χ2n) is 7.82. The average Bonchev–Trinajstić information content (AvgIpc) is 3.48. The molecule has 1 N–H and O–H groups in total. The molecular formula is C23H21F3N5O+. The van der Waals surface area contributed by atoms with Gasteiger partial charge in [0.05, 0.1) is 18.4 Å². The number of H-pyrrole nitrogens is 1. The van der Waals surface area contributed by atoms with Crippen LogP contribution in [0.5, 0.6) is 5.88 Å². The van der Waals surface area contributed by atoms with E-state index in [2.05, 4.69) is 15.0 Å². The van der Waals surface area contributed by atoms with Gasteiger partial charge in [0.15, 0.2) is 5.69 Å². The number of halogens is 3. The van der Waals surface area contributed by atoms with Crippen molar-refractivity contribution in [2.75, 3.05) is 7.11 Å². The Kier molecular flexibility index (Phi) is 4.76. The van der Waals surface area contributed by atoms with E-state index in [-0.39, 0.29) is 5.56 Å². The highest BCUT2D eigenvalue weighted by Crippen LogP contribution is 2.41. The van der Waals surface area contributed by atoms with E-state index < -0.39 is 17.7 Å². The maximum atomic E-state index is 13.6. The van der Waals surface area contributed by atoms with Gasteiger partial charge < -0.3 is 9.30 Å². The molecule has 4 aromatic rings. The Morgan fingerprint density at radius 2 is 1.94 bits per heavy atom. The highest BCUT2D eigenvalue weighted by molar-refractivity contribution is 5.57. The minimum Gasteiger partial charge on any atom is -0.478 e. The molecule has 0 spiro atoms. The molecule has 3 aromatic heterocycles. The maximum absolute atomic E-state index is 13.6. The number of nitrogens with one attached hydrogen (secondary N) is 1. The number of fused-ring (bicyclic) bond motifs is 1. The molecule has 1 aliphatic heterocycles. The number of methoxy groups -OCH3 is 1. The van der Waals surface area contributed by atoms with E-state index in [1.807, 2.05) is 46.9 Å². The highest BCUT2D eigenvalue weighted by atomic mass is 19.4. The topological polar surface area (TPSA) is 59.6 Å². The normalized spacial score (nSPS) is 15.7. The van der Waals surface area contributed by atoms with Crippen molar-refractivity contribution >= 4 is 0 Å². The van der Waals surface area contributed by atoms with Crippen LogP contribution in [0, 0.1) is 6.92 Å². The first-order valence-corrected chi connectivity index (χ1v) is 10.2. The van der Waals surface area contributed by atoms with Gasteiger partial charge in [0.2, 0.25) is 6.33 Å². The number of nitrogens with zero attached hydrogens (tertiary/aromatic N) is 4. The molecule has 32 heavy (non-hydrogen) atoms. The van der Waals surface area contributed by atoms with Crippen molar-refractivity contribution in [3.63, 3.8) is 0 Å². The Hall–Kier alpha value is -3.62. The summed E-state index contributed by atoms with van der Waals surface area (Å²) in [4.78, 5) is 12.4. The van der Waals surface area contributed by atoms with E-state index in [0.29, 0.717) is 36.1 Å². The summed E-state index contributed by atoms with van der Waals surface area (Å²) in [5.74, 6) is 0.636. The van der Waals surface area contributed by atoms with Gasteiger partial charge in [0.1, 0.15) is 23.4 Å². The third kappa shape index (κ3) is 3.43. The molecule has 164 valence electrons. The molecule has 0 saturated heterocycles. The molecule has 1 atom stereocenters. The zero-order chi connectivity index (χ0) is 22.5. The van der Waals surface area contributed by atoms with E-state index in [9.17, 15) is 13.2 Å². The van der Waals surface area contributed by atoms with Crippen molar-refractivity contribution in [3.8, 4) is 23.0 Å². The summed E-state index contributed by atoms with van der Waals surface area (Å²) >= 11 is 0. The fourth-order valence-corrected chi connectivity index (χ4v) is 4.28. The smallest absolute Gasteiger partial charge is 0.416 e. The third-order valence-electron chi connectivity index (χ3n) is 5.76. The number of hydrogen-bond donors (Lipinski definition) is 1. The van der Waals surface area contributed by atoms with Crippen molar-refractivity contribution in [3.05, 3.63) is 77.8 Å². The number of pyridine rings is 1. The van der Waals surface area contributed by atoms with Crippen LogP contribution in [0.15, 0.2) is 55.1 Å². The summed E-state index contributed by atoms with van der Waals surface area (Å²) in [5.41, 5.74) is 2.62. The van der Waals surface area contributed by atoms with Crippen LogP contribution in [0.25, 0.3) is 17.1 Å². The summed E-state index contributed by atoms with van der Waals surface area (Å²) in [5, 5.41) is 0. The van der Waals surface area contributed by atoms with E-state index in [0.717, 1.165) is 17.4 Å². The number of imidazole rings is 2. The average molecular weight is 440 g/mol. The van der Waals surface area contributed by atoms with Crippen LogP contribution in [0.2, 0.25) is 0 Å². The third-order valence-corrected chi connectivity index (χ3v) is 5.76. The zero-order valence-electron chi connectivity index (χ0n) is 17.5. The summed E-state index contributed by atoms with van der Waals surface area (Å²) in [6, 6.07) is 9.46. The first-order valence-electron chi connectivity index (χ1n) is 10.2. The van der Waals surface area contributed by atoms with Gasteiger partial charge >= 0.3 is 6.18 Å². The van der Waals surface area contributed by atoms with Crippen LogP contribution < -0.4 is 9.30 Å². The predicted octanol–water partition coefficient (Wildman–Crippen LogP) is 4.42. The van der Waals surface area contributed by atoms with Gasteiger partial charge in [-0.3, -0.25) is 0 Å². The first kappa shape index (κ1) is 20.3. The lowest BCUT2D eigenvalue weighted by Gasteiger charge is -2.16. The minimum atomic E-state index is -4.40. The maximum Gasteiger partial charge on any atom is 0.416 e. The van der Waals surface area contributed by atoms with Crippen LogP contribution in [0.1, 0.15) is 35.0 Å². The lowest BCUT2D eigenvalue weighted by Crippen LogP contribution is -2.28. The van der Waals surface area contributed by atoms with Crippen molar-refractivity contribution in [2.24, 2.45) is 0 Å². The Labute approximate surface area is 182 Å². The number of rotatable bonds is 4. The number of aryl methyl sites for hydroxylation is 2. The Balaban J connectivity index is 1.52. The SMILES string of the molecule is COc1nc(-c2cn3c(n2)[C@H](c2ccccc2C(F)(F)F)CC3)ccc1-[n+]1c[nH]c(C)c1. The Morgan fingerprint density at radius 3 is 2.66 bits per heavy atom. The van der Waals surface area contributed by atoms with Gasteiger partial charge in [0.25, 0.3) is 5.88 Å². The monoisotopic (exact) mass is 440 g/mol. The predicted molar refractivity (Wildman–Crippen MR) is 111 cm³/mol. The van der Waals surface area contributed by atoms with Gasteiger partial charge in [0, 0.05) is 25.6 Å². The van der Waals surface area contributed by atoms with Gasteiger partial charge in [-0.05, 0) is 30.2 Å².